The van der Waals surface area contributed by atoms with Gasteiger partial charge in [-0.1, -0.05) is 0 Å². The molecule has 1 rings (SSSR count). The zero-order chi connectivity index (χ0) is 16.0. The van der Waals surface area contributed by atoms with Gasteiger partial charge in [0.15, 0.2) is 0 Å². The SMILES string of the molecule is Cc1nc(=O)[nH]c(C)c1CC(=O)NC(C)CCCC(=O)O. The molecule has 0 radical (unpaired) electrons. The highest BCUT2D eigenvalue weighted by atomic mass is 16.4. The number of aryl methyl sites for hydroxylation is 2. The number of nitrogens with zero attached hydrogens (tertiary/aromatic N) is 1. The lowest BCUT2D eigenvalue weighted by molar-refractivity contribution is -0.137. The molecule has 0 fully saturated rings. The summed E-state index contributed by atoms with van der Waals surface area (Å²) in [5, 5.41) is 11.4. The van der Waals surface area contributed by atoms with Gasteiger partial charge in [-0.05, 0) is 33.6 Å². The molecule has 1 amide bonds. The van der Waals surface area contributed by atoms with Crippen molar-refractivity contribution in [3.8, 4) is 0 Å². The number of carbonyl (C=O) groups is 2. The summed E-state index contributed by atoms with van der Waals surface area (Å²) in [5.74, 6) is -1.00. The Hall–Kier alpha value is -2.18. The van der Waals surface area contributed by atoms with Gasteiger partial charge in [0.25, 0.3) is 0 Å². The van der Waals surface area contributed by atoms with E-state index in [1.54, 1.807) is 13.8 Å². The summed E-state index contributed by atoms with van der Waals surface area (Å²) < 4.78 is 0. The molecule has 0 saturated carbocycles. The second-order valence-corrected chi connectivity index (χ2v) is 5.16. The van der Waals surface area contributed by atoms with E-state index in [0.717, 1.165) is 0 Å². The zero-order valence-corrected chi connectivity index (χ0v) is 12.5. The van der Waals surface area contributed by atoms with Crippen LogP contribution in [0.25, 0.3) is 0 Å². The first-order valence-electron chi connectivity index (χ1n) is 6.87. The van der Waals surface area contributed by atoms with Crippen LogP contribution in [0.2, 0.25) is 0 Å². The maximum Gasteiger partial charge on any atom is 0.345 e. The lowest BCUT2D eigenvalue weighted by Gasteiger charge is -2.14. The molecule has 116 valence electrons. The van der Waals surface area contributed by atoms with Crippen molar-refractivity contribution in [3.63, 3.8) is 0 Å². The fourth-order valence-electron chi connectivity index (χ4n) is 2.13. The van der Waals surface area contributed by atoms with E-state index < -0.39 is 11.7 Å². The molecular weight excluding hydrogens is 274 g/mol. The van der Waals surface area contributed by atoms with Crippen LogP contribution in [0.5, 0.6) is 0 Å². The number of rotatable bonds is 7. The molecule has 1 aromatic rings. The largest absolute Gasteiger partial charge is 0.481 e. The van der Waals surface area contributed by atoms with Crippen molar-refractivity contribution >= 4 is 11.9 Å². The number of carbonyl (C=O) groups excluding carboxylic acids is 1. The van der Waals surface area contributed by atoms with Gasteiger partial charge in [0.2, 0.25) is 5.91 Å². The minimum Gasteiger partial charge on any atom is -0.481 e. The number of aromatic nitrogens is 2. The van der Waals surface area contributed by atoms with E-state index in [4.69, 9.17) is 5.11 Å². The van der Waals surface area contributed by atoms with Crippen LogP contribution < -0.4 is 11.0 Å². The smallest absolute Gasteiger partial charge is 0.345 e. The van der Waals surface area contributed by atoms with Gasteiger partial charge in [-0.2, -0.15) is 4.98 Å². The molecule has 0 aliphatic rings. The second-order valence-electron chi connectivity index (χ2n) is 5.16. The fourth-order valence-corrected chi connectivity index (χ4v) is 2.13. The molecular formula is C14H21N3O4. The molecule has 0 saturated heterocycles. The van der Waals surface area contributed by atoms with Crippen LogP contribution in [0.1, 0.15) is 43.1 Å². The Morgan fingerprint density at radius 1 is 1.38 bits per heavy atom. The van der Waals surface area contributed by atoms with Crippen molar-refractivity contribution in [2.24, 2.45) is 0 Å². The van der Waals surface area contributed by atoms with E-state index in [0.29, 0.717) is 29.8 Å². The highest BCUT2D eigenvalue weighted by Crippen LogP contribution is 2.08. The number of hydrogen-bond acceptors (Lipinski definition) is 4. The van der Waals surface area contributed by atoms with Crippen LogP contribution in [0.15, 0.2) is 4.79 Å². The summed E-state index contributed by atoms with van der Waals surface area (Å²) >= 11 is 0. The van der Waals surface area contributed by atoms with E-state index in [9.17, 15) is 14.4 Å². The minimum atomic E-state index is -0.834. The van der Waals surface area contributed by atoms with Crippen LogP contribution in [-0.4, -0.2) is 33.0 Å². The highest BCUT2D eigenvalue weighted by Gasteiger charge is 2.13. The predicted molar refractivity (Wildman–Crippen MR) is 77.1 cm³/mol. The third-order valence-electron chi connectivity index (χ3n) is 3.23. The first-order chi connectivity index (χ1) is 9.79. The van der Waals surface area contributed by atoms with Crippen molar-refractivity contribution in [1.29, 1.82) is 0 Å². The number of hydrogen-bond donors (Lipinski definition) is 3. The van der Waals surface area contributed by atoms with Crippen molar-refractivity contribution in [2.45, 2.75) is 52.5 Å². The van der Waals surface area contributed by atoms with Crippen LogP contribution in [0.4, 0.5) is 0 Å². The van der Waals surface area contributed by atoms with Gasteiger partial charge in [0, 0.05) is 29.4 Å². The Morgan fingerprint density at radius 2 is 2.05 bits per heavy atom. The van der Waals surface area contributed by atoms with E-state index in [-0.39, 0.29) is 24.8 Å². The molecule has 0 aliphatic heterocycles. The number of aromatic amines is 1. The summed E-state index contributed by atoms with van der Waals surface area (Å²) in [6.07, 6.45) is 1.38. The van der Waals surface area contributed by atoms with Gasteiger partial charge < -0.3 is 15.4 Å². The topological polar surface area (TPSA) is 112 Å². The van der Waals surface area contributed by atoms with Crippen molar-refractivity contribution < 1.29 is 14.7 Å². The minimum absolute atomic E-state index is 0.0896. The average Bonchev–Trinajstić information content (AvgIpc) is 2.33. The van der Waals surface area contributed by atoms with Crippen LogP contribution in [0.3, 0.4) is 0 Å². The third kappa shape index (κ3) is 5.76. The highest BCUT2D eigenvalue weighted by molar-refractivity contribution is 5.79. The first kappa shape index (κ1) is 16.9. The molecule has 1 heterocycles. The Bertz CT molecular complexity index is 554. The van der Waals surface area contributed by atoms with E-state index in [2.05, 4.69) is 15.3 Å². The number of aliphatic carboxylic acids is 1. The second kappa shape index (κ2) is 7.56. The molecule has 0 spiro atoms. The summed E-state index contributed by atoms with van der Waals surface area (Å²) in [5.41, 5.74) is 1.48. The molecule has 0 aliphatic carbocycles. The average molecular weight is 295 g/mol. The van der Waals surface area contributed by atoms with Gasteiger partial charge >= 0.3 is 11.7 Å². The number of amides is 1. The molecule has 7 heteroatoms. The maximum absolute atomic E-state index is 12.0. The van der Waals surface area contributed by atoms with E-state index in [1.807, 2.05) is 6.92 Å². The maximum atomic E-state index is 12.0. The van der Waals surface area contributed by atoms with Gasteiger partial charge in [-0.3, -0.25) is 9.59 Å². The number of carboxylic acid groups (broad SMARTS) is 1. The predicted octanol–water partition coefficient (Wildman–Crippen LogP) is 0.689. The summed E-state index contributed by atoms with van der Waals surface area (Å²) in [6.45, 7) is 5.26. The van der Waals surface area contributed by atoms with Crippen molar-refractivity contribution in [3.05, 3.63) is 27.4 Å². The summed E-state index contributed by atoms with van der Waals surface area (Å²) in [7, 11) is 0. The quantitative estimate of drug-likeness (QED) is 0.685. The van der Waals surface area contributed by atoms with Gasteiger partial charge in [-0.15, -0.1) is 0 Å². The van der Waals surface area contributed by atoms with Crippen molar-refractivity contribution in [1.82, 2.24) is 15.3 Å². The van der Waals surface area contributed by atoms with Crippen molar-refractivity contribution in [2.75, 3.05) is 0 Å². The molecule has 0 bridgehead atoms. The first-order valence-corrected chi connectivity index (χ1v) is 6.87. The lowest BCUT2D eigenvalue weighted by Crippen LogP contribution is -2.34. The molecule has 21 heavy (non-hydrogen) atoms. The molecule has 1 atom stereocenters. The standard InChI is InChI=1S/C14H21N3O4/c1-8(5-4-6-13(19)20)15-12(18)7-11-9(2)16-14(21)17-10(11)3/h8H,4-7H2,1-3H3,(H,15,18)(H,19,20)(H,16,17,21). The fraction of sp³-hybridized carbons (Fsp3) is 0.571. The summed E-state index contributed by atoms with van der Waals surface area (Å²) in [4.78, 5) is 39.9. The third-order valence-corrected chi connectivity index (χ3v) is 3.23. The Labute approximate surface area is 122 Å². The molecule has 1 aromatic heterocycles. The Kier molecular flexibility index (Phi) is 6.08. The molecule has 1 unspecified atom stereocenters. The normalized spacial score (nSPS) is 12.0. The molecule has 3 N–H and O–H groups in total. The number of carboxylic acids is 1. The Balaban J connectivity index is 2.54. The molecule has 0 aromatic carbocycles. The summed E-state index contributed by atoms with van der Waals surface area (Å²) in [6, 6.07) is -0.0896. The monoisotopic (exact) mass is 295 g/mol. The number of H-pyrrole nitrogens is 1. The van der Waals surface area contributed by atoms with E-state index in [1.165, 1.54) is 0 Å². The Morgan fingerprint density at radius 3 is 2.62 bits per heavy atom. The number of nitrogens with one attached hydrogen (secondary N) is 2. The van der Waals surface area contributed by atoms with Crippen LogP contribution >= 0.6 is 0 Å². The lowest BCUT2D eigenvalue weighted by atomic mass is 10.1. The van der Waals surface area contributed by atoms with Gasteiger partial charge in [0.05, 0.1) is 6.42 Å². The van der Waals surface area contributed by atoms with Gasteiger partial charge in [0.1, 0.15) is 0 Å². The molecule has 7 nitrogen and oxygen atoms in total. The van der Waals surface area contributed by atoms with Crippen LogP contribution in [-0.2, 0) is 16.0 Å². The van der Waals surface area contributed by atoms with E-state index >= 15 is 0 Å². The van der Waals surface area contributed by atoms with Gasteiger partial charge in [-0.25, -0.2) is 4.79 Å². The van der Waals surface area contributed by atoms with Crippen LogP contribution in [0, 0.1) is 13.8 Å². The zero-order valence-electron chi connectivity index (χ0n) is 12.5.